The zero-order valence-corrected chi connectivity index (χ0v) is 15.9. The summed E-state index contributed by atoms with van der Waals surface area (Å²) in [6.45, 7) is 0.836. The Labute approximate surface area is 164 Å². The number of carbonyl (C=O) groups excluding carboxylic acids is 1. The number of benzene rings is 2. The van der Waals surface area contributed by atoms with Crippen LogP contribution in [0, 0.1) is 17.1 Å². The molecule has 0 bridgehead atoms. The van der Waals surface area contributed by atoms with Crippen molar-refractivity contribution in [3.05, 3.63) is 53.8 Å². The first-order valence-electron chi connectivity index (χ1n) is 9.47. The standard InChI is InChI=1S/C22H24FN3O2/c1-28-21-10-9-17(13-19(21)23)16-7-5-15(6-8-16)12-18(14-24)26-22(27)20-4-2-3-11-25-20/h5-10,13,18,20,25H,2-4,11-12H2,1H3,(H,26,27)/t18?,20-/m0/s1. The van der Waals surface area contributed by atoms with Gasteiger partial charge in [-0.05, 0) is 48.2 Å². The number of halogens is 1. The SMILES string of the molecule is COc1ccc(-c2ccc(CC(C#N)NC(=O)[C@@H]3CCCCN3)cc2)cc1F. The van der Waals surface area contributed by atoms with Crippen LogP contribution in [0.3, 0.4) is 0 Å². The lowest BCUT2D eigenvalue weighted by atomic mass is 10.00. The van der Waals surface area contributed by atoms with E-state index in [2.05, 4.69) is 16.7 Å². The van der Waals surface area contributed by atoms with Crippen LogP contribution >= 0.6 is 0 Å². The van der Waals surface area contributed by atoms with Crippen molar-refractivity contribution in [1.82, 2.24) is 10.6 Å². The molecule has 6 heteroatoms. The van der Waals surface area contributed by atoms with Crippen molar-refractivity contribution in [3.8, 4) is 22.9 Å². The Morgan fingerprint density at radius 2 is 2.04 bits per heavy atom. The molecule has 1 fully saturated rings. The fourth-order valence-electron chi connectivity index (χ4n) is 3.39. The molecule has 1 heterocycles. The minimum Gasteiger partial charge on any atom is -0.494 e. The van der Waals surface area contributed by atoms with Crippen molar-refractivity contribution < 1.29 is 13.9 Å². The van der Waals surface area contributed by atoms with Crippen LogP contribution in [-0.2, 0) is 11.2 Å². The van der Waals surface area contributed by atoms with E-state index in [0.717, 1.165) is 42.5 Å². The fraction of sp³-hybridized carbons (Fsp3) is 0.364. The second kappa shape index (κ2) is 9.34. The van der Waals surface area contributed by atoms with Gasteiger partial charge in [0.25, 0.3) is 0 Å². The highest BCUT2D eigenvalue weighted by Crippen LogP contribution is 2.26. The summed E-state index contributed by atoms with van der Waals surface area (Å²) in [5, 5.41) is 15.4. The molecule has 1 aliphatic rings. The summed E-state index contributed by atoms with van der Waals surface area (Å²) in [6, 6.07) is 13.8. The average Bonchev–Trinajstić information content (AvgIpc) is 2.74. The topological polar surface area (TPSA) is 74.1 Å². The van der Waals surface area contributed by atoms with Crippen molar-refractivity contribution in [2.24, 2.45) is 0 Å². The number of ether oxygens (including phenoxy) is 1. The highest BCUT2D eigenvalue weighted by atomic mass is 19.1. The van der Waals surface area contributed by atoms with Gasteiger partial charge in [0, 0.05) is 6.42 Å². The minimum absolute atomic E-state index is 0.114. The Morgan fingerprint density at radius 1 is 1.29 bits per heavy atom. The van der Waals surface area contributed by atoms with Gasteiger partial charge in [0.15, 0.2) is 11.6 Å². The van der Waals surface area contributed by atoms with Gasteiger partial charge >= 0.3 is 0 Å². The van der Waals surface area contributed by atoms with E-state index in [1.165, 1.54) is 13.2 Å². The van der Waals surface area contributed by atoms with Gasteiger partial charge in [-0.15, -0.1) is 0 Å². The lowest BCUT2D eigenvalue weighted by molar-refractivity contribution is -0.124. The molecule has 146 valence electrons. The third kappa shape index (κ3) is 4.87. The Bertz CT molecular complexity index is 855. The summed E-state index contributed by atoms with van der Waals surface area (Å²) in [4.78, 5) is 12.3. The van der Waals surface area contributed by atoms with Crippen LogP contribution in [0.25, 0.3) is 11.1 Å². The molecule has 28 heavy (non-hydrogen) atoms. The summed E-state index contributed by atoms with van der Waals surface area (Å²) >= 11 is 0. The molecule has 0 aromatic heterocycles. The minimum atomic E-state index is -0.583. The van der Waals surface area contributed by atoms with Gasteiger partial charge in [0.05, 0.1) is 19.2 Å². The van der Waals surface area contributed by atoms with E-state index >= 15 is 0 Å². The van der Waals surface area contributed by atoms with E-state index in [1.807, 2.05) is 24.3 Å². The van der Waals surface area contributed by atoms with Crippen molar-refractivity contribution in [2.75, 3.05) is 13.7 Å². The molecular formula is C22H24FN3O2. The summed E-state index contributed by atoms with van der Waals surface area (Å²) in [5.41, 5.74) is 2.55. The number of hydrogen-bond donors (Lipinski definition) is 2. The molecule has 1 amide bonds. The normalized spacial score (nSPS) is 17.4. The number of nitriles is 1. The van der Waals surface area contributed by atoms with Gasteiger partial charge in [0.1, 0.15) is 6.04 Å². The van der Waals surface area contributed by atoms with Gasteiger partial charge in [-0.25, -0.2) is 4.39 Å². The number of piperidine rings is 1. The number of rotatable bonds is 6. The Morgan fingerprint density at radius 3 is 2.64 bits per heavy atom. The van der Waals surface area contributed by atoms with Crippen LogP contribution in [0.15, 0.2) is 42.5 Å². The summed E-state index contributed by atoms with van der Waals surface area (Å²) < 4.78 is 18.8. The summed E-state index contributed by atoms with van der Waals surface area (Å²) in [5.74, 6) is -0.315. The first-order valence-corrected chi connectivity index (χ1v) is 9.47. The Balaban J connectivity index is 1.63. The first kappa shape index (κ1) is 19.8. The predicted molar refractivity (Wildman–Crippen MR) is 105 cm³/mol. The molecule has 2 N–H and O–H groups in total. The number of carbonyl (C=O) groups is 1. The third-order valence-electron chi connectivity index (χ3n) is 4.98. The molecule has 3 rings (SSSR count). The number of hydrogen-bond acceptors (Lipinski definition) is 4. The maximum Gasteiger partial charge on any atom is 0.238 e. The zero-order valence-electron chi connectivity index (χ0n) is 15.9. The van der Waals surface area contributed by atoms with E-state index in [1.54, 1.807) is 12.1 Å². The summed E-state index contributed by atoms with van der Waals surface area (Å²) in [6.07, 6.45) is 3.33. The van der Waals surface area contributed by atoms with Crippen molar-refractivity contribution in [2.45, 2.75) is 37.8 Å². The molecule has 2 aromatic rings. The highest BCUT2D eigenvalue weighted by molar-refractivity contribution is 5.82. The number of nitrogens with zero attached hydrogens (tertiary/aromatic N) is 1. The van der Waals surface area contributed by atoms with Crippen LogP contribution in [0.5, 0.6) is 5.75 Å². The van der Waals surface area contributed by atoms with Crippen molar-refractivity contribution >= 4 is 5.91 Å². The van der Waals surface area contributed by atoms with Crippen LogP contribution in [-0.4, -0.2) is 31.6 Å². The van der Waals surface area contributed by atoms with Crippen molar-refractivity contribution in [1.29, 1.82) is 5.26 Å². The number of methoxy groups -OCH3 is 1. The van der Waals surface area contributed by atoms with Crippen LogP contribution < -0.4 is 15.4 Å². The fourth-order valence-corrected chi connectivity index (χ4v) is 3.39. The van der Waals surface area contributed by atoms with Crippen LogP contribution in [0.4, 0.5) is 4.39 Å². The molecule has 0 radical (unpaired) electrons. The molecule has 0 saturated carbocycles. The van der Waals surface area contributed by atoms with Crippen LogP contribution in [0.2, 0.25) is 0 Å². The Kier molecular flexibility index (Phi) is 6.62. The lowest BCUT2D eigenvalue weighted by Crippen LogP contribution is -2.49. The third-order valence-corrected chi connectivity index (χ3v) is 4.98. The van der Waals surface area contributed by atoms with Gasteiger partial charge in [-0.3, -0.25) is 4.79 Å². The zero-order chi connectivity index (χ0) is 19.9. The van der Waals surface area contributed by atoms with Crippen molar-refractivity contribution in [3.63, 3.8) is 0 Å². The molecule has 0 spiro atoms. The summed E-state index contributed by atoms with van der Waals surface area (Å²) in [7, 11) is 1.43. The largest absolute Gasteiger partial charge is 0.494 e. The quantitative estimate of drug-likeness (QED) is 0.806. The highest BCUT2D eigenvalue weighted by Gasteiger charge is 2.23. The van der Waals surface area contributed by atoms with E-state index in [9.17, 15) is 14.4 Å². The molecule has 2 atom stereocenters. The van der Waals surface area contributed by atoms with Gasteiger partial charge in [-0.2, -0.15) is 5.26 Å². The smallest absolute Gasteiger partial charge is 0.238 e. The second-order valence-corrected chi connectivity index (χ2v) is 6.94. The number of amides is 1. The first-order chi connectivity index (χ1) is 13.6. The molecule has 5 nitrogen and oxygen atoms in total. The van der Waals surface area contributed by atoms with E-state index in [-0.39, 0.29) is 17.7 Å². The maximum absolute atomic E-state index is 13.9. The van der Waals surface area contributed by atoms with Gasteiger partial charge < -0.3 is 15.4 Å². The van der Waals surface area contributed by atoms with E-state index < -0.39 is 11.9 Å². The maximum atomic E-state index is 13.9. The molecule has 0 aliphatic carbocycles. The molecule has 2 aromatic carbocycles. The molecule has 1 unspecified atom stereocenters. The molecule has 1 saturated heterocycles. The van der Waals surface area contributed by atoms with E-state index in [0.29, 0.717) is 6.42 Å². The van der Waals surface area contributed by atoms with E-state index in [4.69, 9.17) is 4.74 Å². The Hall–Kier alpha value is -2.91. The molecular weight excluding hydrogens is 357 g/mol. The lowest BCUT2D eigenvalue weighted by Gasteiger charge is -2.23. The van der Waals surface area contributed by atoms with Gasteiger partial charge in [-0.1, -0.05) is 36.8 Å². The van der Waals surface area contributed by atoms with Gasteiger partial charge in [0.2, 0.25) is 5.91 Å². The average molecular weight is 381 g/mol. The monoisotopic (exact) mass is 381 g/mol. The van der Waals surface area contributed by atoms with Crippen LogP contribution in [0.1, 0.15) is 24.8 Å². The number of nitrogens with one attached hydrogen (secondary N) is 2. The second-order valence-electron chi connectivity index (χ2n) is 6.94. The molecule has 1 aliphatic heterocycles. The predicted octanol–water partition coefficient (Wildman–Crippen LogP) is 3.19.